The van der Waals surface area contributed by atoms with Gasteiger partial charge in [0.2, 0.25) is 5.91 Å². The number of anilines is 1. The first kappa shape index (κ1) is 14.7. The van der Waals surface area contributed by atoms with Gasteiger partial charge in [0.1, 0.15) is 11.9 Å². The van der Waals surface area contributed by atoms with Crippen LogP contribution in [0.1, 0.15) is 23.7 Å². The predicted octanol–water partition coefficient (Wildman–Crippen LogP) is 0.895. The number of hydrogen-bond donors (Lipinski definition) is 2. The number of aliphatic carboxylic acids is 1. The third-order valence-electron chi connectivity index (χ3n) is 3.06. The molecule has 0 saturated carbocycles. The fourth-order valence-corrected chi connectivity index (χ4v) is 2.10. The summed E-state index contributed by atoms with van der Waals surface area (Å²) in [5, 5.41) is 11.7. The van der Waals surface area contributed by atoms with Gasteiger partial charge in [-0.2, -0.15) is 0 Å². The number of amides is 2. The van der Waals surface area contributed by atoms with Gasteiger partial charge >= 0.3 is 5.97 Å². The van der Waals surface area contributed by atoms with E-state index in [1.54, 1.807) is 12.2 Å². The first-order valence-electron chi connectivity index (χ1n) is 6.41. The third-order valence-corrected chi connectivity index (χ3v) is 3.06. The quantitative estimate of drug-likeness (QED) is 0.805. The van der Waals surface area contributed by atoms with Gasteiger partial charge in [-0.15, -0.1) is 0 Å². The molecule has 0 radical (unpaired) electrons. The molecule has 0 spiro atoms. The second kappa shape index (κ2) is 6.17. The minimum Gasteiger partial charge on any atom is -0.480 e. The molecule has 2 N–H and O–H groups in total. The Hall–Kier alpha value is -2.70. The summed E-state index contributed by atoms with van der Waals surface area (Å²) in [5.74, 6) is -1.48. The monoisotopic (exact) mass is 289 g/mol. The van der Waals surface area contributed by atoms with E-state index in [0.717, 1.165) is 0 Å². The maximum absolute atomic E-state index is 12.4. The van der Waals surface area contributed by atoms with Crippen molar-refractivity contribution < 1.29 is 19.5 Å². The van der Waals surface area contributed by atoms with Crippen LogP contribution >= 0.6 is 0 Å². The highest BCUT2D eigenvalue weighted by Crippen LogP contribution is 2.17. The molecule has 110 valence electrons. The SMILES string of the molecule is CC(=O)Nc1cc(C(=O)N2CC=CCC2C(=O)O)ccn1. The number of nitrogens with zero attached hydrogens (tertiary/aromatic N) is 2. The molecule has 0 saturated heterocycles. The molecule has 0 aromatic carbocycles. The summed E-state index contributed by atoms with van der Waals surface area (Å²) in [6.07, 6.45) is 5.18. The fourth-order valence-electron chi connectivity index (χ4n) is 2.10. The molecule has 2 amide bonds. The number of carboxylic acid groups (broad SMARTS) is 1. The Labute approximate surface area is 121 Å². The van der Waals surface area contributed by atoms with Crippen molar-refractivity contribution in [3.05, 3.63) is 36.0 Å². The number of aromatic nitrogens is 1. The third kappa shape index (κ3) is 3.44. The smallest absolute Gasteiger partial charge is 0.326 e. The Morgan fingerprint density at radius 1 is 1.38 bits per heavy atom. The topological polar surface area (TPSA) is 99.6 Å². The number of pyridine rings is 1. The lowest BCUT2D eigenvalue weighted by Gasteiger charge is -2.30. The van der Waals surface area contributed by atoms with Gasteiger partial charge in [0.15, 0.2) is 0 Å². The summed E-state index contributed by atoms with van der Waals surface area (Å²) in [5.41, 5.74) is 0.287. The predicted molar refractivity (Wildman–Crippen MR) is 74.8 cm³/mol. The minimum absolute atomic E-state index is 0.244. The first-order chi connectivity index (χ1) is 9.99. The number of hydrogen-bond acceptors (Lipinski definition) is 4. The van der Waals surface area contributed by atoms with E-state index in [9.17, 15) is 19.5 Å². The van der Waals surface area contributed by atoms with Crippen LogP contribution in [0.25, 0.3) is 0 Å². The summed E-state index contributed by atoms with van der Waals surface area (Å²) < 4.78 is 0. The average molecular weight is 289 g/mol. The van der Waals surface area contributed by atoms with E-state index >= 15 is 0 Å². The Morgan fingerprint density at radius 3 is 2.81 bits per heavy atom. The first-order valence-corrected chi connectivity index (χ1v) is 6.41. The van der Waals surface area contributed by atoms with Crippen molar-refractivity contribution >= 4 is 23.6 Å². The zero-order chi connectivity index (χ0) is 15.4. The molecule has 0 fully saturated rings. The Balaban J connectivity index is 2.24. The van der Waals surface area contributed by atoms with Gasteiger partial charge in [0, 0.05) is 25.2 Å². The summed E-state index contributed by atoms with van der Waals surface area (Å²) in [7, 11) is 0. The summed E-state index contributed by atoms with van der Waals surface area (Å²) in [6, 6.07) is 2.05. The lowest BCUT2D eigenvalue weighted by Crippen LogP contribution is -2.46. The molecule has 2 heterocycles. The van der Waals surface area contributed by atoms with Gasteiger partial charge in [0.05, 0.1) is 0 Å². The molecule has 7 heteroatoms. The minimum atomic E-state index is -1.04. The molecular formula is C14H15N3O4. The van der Waals surface area contributed by atoms with Crippen LogP contribution in [0.2, 0.25) is 0 Å². The number of carbonyl (C=O) groups excluding carboxylic acids is 2. The van der Waals surface area contributed by atoms with Crippen LogP contribution in [0, 0.1) is 0 Å². The number of nitrogens with one attached hydrogen (secondary N) is 1. The van der Waals surface area contributed by atoms with Crippen molar-refractivity contribution in [2.24, 2.45) is 0 Å². The van der Waals surface area contributed by atoms with Gasteiger partial charge in [-0.25, -0.2) is 9.78 Å². The van der Waals surface area contributed by atoms with E-state index in [2.05, 4.69) is 10.3 Å². The zero-order valence-corrected chi connectivity index (χ0v) is 11.4. The Kier molecular flexibility index (Phi) is 4.32. The van der Waals surface area contributed by atoms with Crippen molar-refractivity contribution in [3.63, 3.8) is 0 Å². The van der Waals surface area contributed by atoms with E-state index in [0.29, 0.717) is 0 Å². The molecule has 1 atom stereocenters. The highest BCUT2D eigenvalue weighted by molar-refractivity contribution is 5.98. The highest BCUT2D eigenvalue weighted by Gasteiger charge is 2.30. The molecule has 1 aliphatic heterocycles. The number of carbonyl (C=O) groups is 3. The van der Waals surface area contributed by atoms with Crippen LogP contribution in [0.3, 0.4) is 0 Å². The van der Waals surface area contributed by atoms with Crippen molar-refractivity contribution in [1.82, 2.24) is 9.88 Å². The lowest BCUT2D eigenvalue weighted by atomic mass is 10.1. The largest absolute Gasteiger partial charge is 0.480 e. The molecule has 1 aliphatic rings. The van der Waals surface area contributed by atoms with Crippen LogP contribution in [-0.2, 0) is 9.59 Å². The summed E-state index contributed by atoms with van der Waals surface area (Å²) >= 11 is 0. The van der Waals surface area contributed by atoms with E-state index < -0.39 is 17.9 Å². The van der Waals surface area contributed by atoms with Crippen molar-refractivity contribution in [2.45, 2.75) is 19.4 Å². The van der Waals surface area contributed by atoms with E-state index in [1.807, 2.05) is 0 Å². The molecule has 7 nitrogen and oxygen atoms in total. The fraction of sp³-hybridized carbons (Fsp3) is 0.286. The van der Waals surface area contributed by atoms with Crippen LogP contribution < -0.4 is 5.32 Å². The van der Waals surface area contributed by atoms with Gasteiger partial charge in [0.25, 0.3) is 5.91 Å². The van der Waals surface area contributed by atoms with Gasteiger partial charge in [-0.3, -0.25) is 9.59 Å². The van der Waals surface area contributed by atoms with Crippen LogP contribution in [0.5, 0.6) is 0 Å². The van der Waals surface area contributed by atoms with Gasteiger partial charge < -0.3 is 15.3 Å². The molecule has 1 aromatic heterocycles. The van der Waals surface area contributed by atoms with Crippen molar-refractivity contribution in [1.29, 1.82) is 0 Å². The maximum Gasteiger partial charge on any atom is 0.326 e. The molecule has 1 unspecified atom stereocenters. The molecule has 1 aromatic rings. The van der Waals surface area contributed by atoms with Crippen molar-refractivity contribution in [2.75, 3.05) is 11.9 Å². The van der Waals surface area contributed by atoms with Gasteiger partial charge in [-0.1, -0.05) is 12.2 Å². The van der Waals surface area contributed by atoms with Crippen LogP contribution in [-0.4, -0.2) is 45.4 Å². The maximum atomic E-state index is 12.4. The Morgan fingerprint density at radius 2 is 2.14 bits per heavy atom. The summed E-state index contributed by atoms with van der Waals surface area (Å²) in [4.78, 5) is 39.9. The normalized spacial score (nSPS) is 17.4. The van der Waals surface area contributed by atoms with Crippen LogP contribution in [0.4, 0.5) is 5.82 Å². The number of rotatable bonds is 3. The molecule has 0 aliphatic carbocycles. The summed E-state index contributed by atoms with van der Waals surface area (Å²) in [6.45, 7) is 1.58. The molecule has 0 bridgehead atoms. The second-order valence-electron chi connectivity index (χ2n) is 4.63. The zero-order valence-electron chi connectivity index (χ0n) is 11.4. The van der Waals surface area contributed by atoms with Crippen LogP contribution in [0.15, 0.2) is 30.5 Å². The number of carboxylic acids is 1. The van der Waals surface area contributed by atoms with E-state index in [-0.39, 0.29) is 30.3 Å². The standard InChI is InChI=1S/C14H15N3O4/c1-9(18)16-12-8-10(5-6-15-12)13(19)17-7-3-2-4-11(17)14(20)21/h2-3,5-6,8,11H,4,7H2,1H3,(H,20,21)(H,15,16,18). The molecule has 2 rings (SSSR count). The van der Waals surface area contributed by atoms with E-state index in [4.69, 9.17) is 0 Å². The van der Waals surface area contributed by atoms with Crippen molar-refractivity contribution in [3.8, 4) is 0 Å². The second-order valence-corrected chi connectivity index (χ2v) is 4.63. The lowest BCUT2D eigenvalue weighted by molar-refractivity contribution is -0.142. The molecular weight excluding hydrogens is 274 g/mol. The Bertz CT molecular complexity index is 612. The average Bonchev–Trinajstić information content (AvgIpc) is 2.46. The van der Waals surface area contributed by atoms with Gasteiger partial charge in [-0.05, 0) is 18.6 Å². The highest BCUT2D eigenvalue weighted by atomic mass is 16.4. The molecule has 21 heavy (non-hydrogen) atoms. The van der Waals surface area contributed by atoms with E-state index in [1.165, 1.54) is 30.2 Å².